The summed E-state index contributed by atoms with van der Waals surface area (Å²) in [6.07, 6.45) is 3.72. The van der Waals surface area contributed by atoms with E-state index in [-0.39, 0.29) is 5.56 Å². The molecule has 2 heterocycles. The highest BCUT2D eigenvalue weighted by atomic mass is 32.1. The first-order chi connectivity index (χ1) is 9.65. The van der Waals surface area contributed by atoms with Gasteiger partial charge in [0.15, 0.2) is 0 Å². The third kappa shape index (κ3) is 2.21. The molecule has 3 aromatic rings. The third-order valence-corrected chi connectivity index (χ3v) is 3.73. The molecule has 0 atom stereocenters. The van der Waals surface area contributed by atoms with Gasteiger partial charge in [0.05, 0.1) is 16.8 Å². The van der Waals surface area contributed by atoms with Gasteiger partial charge in [-0.3, -0.25) is 9.89 Å². The summed E-state index contributed by atoms with van der Waals surface area (Å²) in [5.41, 5.74) is 6.18. The minimum absolute atomic E-state index is 0.135. The smallest absolute Gasteiger partial charge is 0.251 e. The molecule has 100 valence electrons. The van der Waals surface area contributed by atoms with Crippen LogP contribution in [0.4, 0.5) is 4.39 Å². The highest BCUT2D eigenvalue weighted by molar-refractivity contribution is 7.10. The number of H-pyrrole nitrogens is 1. The number of thiophene rings is 1. The molecular weight excluding hydrogens is 277 g/mol. The van der Waals surface area contributed by atoms with E-state index in [2.05, 4.69) is 10.2 Å². The second-order valence-corrected chi connectivity index (χ2v) is 5.18. The zero-order valence-electron chi connectivity index (χ0n) is 10.3. The number of hydrogen-bond acceptors (Lipinski definition) is 3. The zero-order valence-corrected chi connectivity index (χ0v) is 11.1. The van der Waals surface area contributed by atoms with Gasteiger partial charge in [-0.25, -0.2) is 4.39 Å². The monoisotopic (exact) mass is 287 g/mol. The number of halogens is 1. The number of nitrogens with zero attached hydrogens (tertiary/aromatic N) is 1. The molecule has 2 aromatic heterocycles. The number of aromatic nitrogens is 2. The van der Waals surface area contributed by atoms with Gasteiger partial charge in [0.25, 0.3) is 5.91 Å². The van der Waals surface area contributed by atoms with E-state index in [1.54, 1.807) is 11.3 Å². The fraction of sp³-hybridized carbons (Fsp3) is 0. The minimum Gasteiger partial charge on any atom is -0.366 e. The standard InChI is InChI=1S/C14H10FN3OS/c15-11-7-13-10(6-9(11)14(16)19)12(17-18-13)4-3-8-2-1-5-20-8/h1-7H,(H2,16,19)(H,17,18). The molecule has 0 spiro atoms. The number of nitrogens with two attached hydrogens (primary N) is 1. The Morgan fingerprint density at radius 1 is 1.40 bits per heavy atom. The summed E-state index contributed by atoms with van der Waals surface area (Å²) < 4.78 is 13.6. The minimum atomic E-state index is -0.793. The lowest BCUT2D eigenvalue weighted by Gasteiger charge is -1.98. The Hall–Kier alpha value is -2.47. The van der Waals surface area contributed by atoms with Gasteiger partial charge in [-0.15, -0.1) is 11.3 Å². The van der Waals surface area contributed by atoms with Gasteiger partial charge in [-0.1, -0.05) is 6.07 Å². The lowest BCUT2D eigenvalue weighted by Crippen LogP contribution is -2.12. The second kappa shape index (κ2) is 4.90. The summed E-state index contributed by atoms with van der Waals surface area (Å²) in [6.45, 7) is 0. The number of carbonyl (C=O) groups is 1. The lowest BCUT2D eigenvalue weighted by atomic mass is 10.1. The summed E-state index contributed by atoms with van der Waals surface area (Å²) >= 11 is 1.60. The van der Waals surface area contributed by atoms with Gasteiger partial charge in [0.2, 0.25) is 0 Å². The number of benzene rings is 1. The Labute approximate surface area is 117 Å². The Bertz CT molecular complexity index is 805. The van der Waals surface area contributed by atoms with Crippen molar-refractivity contribution in [2.24, 2.45) is 5.73 Å². The lowest BCUT2D eigenvalue weighted by molar-refractivity contribution is 0.0996. The van der Waals surface area contributed by atoms with Crippen LogP contribution < -0.4 is 5.73 Å². The Balaban J connectivity index is 2.08. The number of aromatic amines is 1. The van der Waals surface area contributed by atoms with E-state index in [0.717, 1.165) is 4.88 Å². The van der Waals surface area contributed by atoms with Crippen LogP contribution in [0.25, 0.3) is 23.1 Å². The van der Waals surface area contributed by atoms with Crippen molar-refractivity contribution in [3.8, 4) is 0 Å². The van der Waals surface area contributed by atoms with Crippen LogP contribution in [0.15, 0.2) is 29.6 Å². The van der Waals surface area contributed by atoms with Crippen LogP contribution in [0, 0.1) is 5.82 Å². The van der Waals surface area contributed by atoms with Gasteiger partial charge in [-0.05, 0) is 29.7 Å². The first-order valence-electron chi connectivity index (χ1n) is 5.84. The van der Waals surface area contributed by atoms with Crippen molar-refractivity contribution < 1.29 is 9.18 Å². The van der Waals surface area contributed by atoms with E-state index >= 15 is 0 Å². The molecule has 0 radical (unpaired) electrons. The van der Waals surface area contributed by atoms with Crippen molar-refractivity contribution in [2.45, 2.75) is 0 Å². The highest BCUT2D eigenvalue weighted by Crippen LogP contribution is 2.22. The zero-order chi connectivity index (χ0) is 14.1. The summed E-state index contributed by atoms with van der Waals surface area (Å²) in [5.74, 6) is -1.44. The predicted octanol–water partition coefficient (Wildman–Crippen LogP) is 3.03. The molecule has 1 amide bonds. The number of fused-ring (bicyclic) bond motifs is 1. The molecule has 3 N–H and O–H groups in total. The van der Waals surface area contributed by atoms with Gasteiger partial charge >= 0.3 is 0 Å². The van der Waals surface area contributed by atoms with Crippen molar-refractivity contribution in [2.75, 3.05) is 0 Å². The van der Waals surface area contributed by atoms with E-state index < -0.39 is 11.7 Å². The molecule has 0 aliphatic carbocycles. The molecular formula is C14H10FN3OS. The van der Waals surface area contributed by atoms with E-state index in [1.165, 1.54) is 12.1 Å². The summed E-state index contributed by atoms with van der Waals surface area (Å²) in [7, 11) is 0. The topological polar surface area (TPSA) is 71.8 Å². The van der Waals surface area contributed by atoms with Crippen LogP contribution in [0.1, 0.15) is 20.9 Å². The van der Waals surface area contributed by atoms with Crippen molar-refractivity contribution in [1.82, 2.24) is 10.2 Å². The third-order valence-electron chi connectivity index (χ3n) is 2.89. The molecule has 0 saturated heterocycles. The maximum Gasteiger partial charge on any atom is 0.251 e. The van der Waals surface area contributed by atoms with Crippen LogP contribution >= 0.6 is 11.3 Å². The van der Waals surface area contributed by atoms with Crippen LogP contribution in [0.2, 0.25) is 0 Å². The molecule has 3 rings (SSSR count). The molecule has 6 heteroatoms. The molecule has 1 aromatic carbocycles. The van der Waals surface area contributed by atoms with Crippen molar-refractivity contribution in [3.05, 3.63) is 51.6 Å². The predicted molar refractivity (Wildman–Crippen MR) is 77.8 cm³/mol. The van der Waals surface area contributed by atoms with Gasteiger partial charge in [0, 0.05) is 16.3 Å². The van der Waals surface area contributed by atoms with Crippen LogP contribution in [0.5, 0.6) is 0 Å². The average Bonchev–Trinajstić information content (AvgIpc) is 3.03. The SMILES string of the molecule is NC(=O)c1cc2c(C=Cc3cccs3)n[nH]c2cc1F. The largest absolute Gasteiger partial charge is 0.366 e. The Morgan fingerprint density at radius 3 is 2.95 bits per heavy atom. The Kier molecular flexibility index (Phi) is 3.08. The molecule has 4 nitrogen and oxygen atoms in total. The highest BCUT2D eigenvalue weighted by Gasteiger charge is 2.13. The van der Waals surface area contributed by atoms with Crippen molar-refractivity contribution in [1.29, 1.82) is 0 Å². The summed E-state index contributed by atoms with van der Waals surface area (Å²) in [4.78, 5) is 12.3. The fourth-order valence-corrected chi connectivity index (χ4v) is 2.54. The fourth-order valence-electron chi connectivity index (χ4n) is 1.92. The number of nitrogens with one attached hydrogen (secondary N) is 1. The van der Waals surface area contributed by atoms with E-state index in [4.69, 9.17) is 5.73 Å². The number of rotatable bonds is 3. The van der Waals surface area contributed by atoms with Gasteiger partial charge in [0.1, 0.15) is 5.82 Å². The van der Waals surface area contributed by atoms with E-state index in [0.29, 0.717) is 16.6 Å². The van der Waals surface area contributed by atoms with E-state index in [9.17, 15) is 9.18 Å². The average molecular weight is 287 g/mol. The molecule has 0 unspecified atom stereocenters. The molecule has 0 bridgehead atoms. The number of hydrogen-bond donors (Lipinski definition) is 2. The first-order valence-corrected chi connectivity index (χ1v) is 6.72. The van der Waals surface area contributed by atoms with Crippen molar-refractivity contribution in [3.63, 3.8) is 0 Å². The maximum absolute atomic E-state index is 13.6. The van der Waals surface area contributed by atoms with Crippen molar-refractivity contribution >= 4 is 40.3 Å². The number of primary amides is 1. The summed E-state index contributed by atoms with van der Waals surface area (Å²) in [6, 6.07) is 6.58. The molecule has 0 aliphatic heterocycles. The molecule has 0 saturated carbocycles. The van der Waals surface area contributed by atoms with Crippen LogP contribution in [-0.4, -0.2) is 16.1 Å². The first kappa shape index (κ1) is 12.6. The Morgan fingerprint density at radius 2 is 2.25 bits per heavy atom. The molecule has 0 fully saturated rings. The summed E-state index contributed by atoms with van der Waals surface area (Å²) in [5, 5.41) is 9.48. The number of carbonyl (C=O) groups excluding carboxylic acids is 1. The van der Waals surface area contributed by atoms with Crippen LogP contribution in [-0.2, 0) is 0 Å². The molecule has 20 heavy (non-hydrogen) atoms. The van der Waals surface area contributed by atoms with Crippen LogP contribution in [0.3, 0.4) is 0 Å². The van der Waals surface area contributed by atoms with Gasteiger partial charge in [-0.2, -0.15) is 5.10 Å². The number of amides is 1. The maximum atomic E-state index is 13.6. The quantitative estimate of drug-likeness (QED) is 0.777. The van der Waals surface area contributed by atoms with Gasteiger partial charge < -0.3 is 5.73 Å². The second-order valence-electron chi connectivity index (χ2n) is 4.20. The molecule has 0 aliphatic rings. The van der Waals surface area contributed by atoms with E-state index in [1.807, 2.05) is 29.7 Å². The normalized spacial score (nSPS) is 11.4.